The van der Waals surface area contributed by atoms with Gasteiger partial charge in [-0.25, -0.2) is 0 Å². The van der Waals surface area contributed by atoms with E-state index in [-0.39, 0.29) is 12.1 Å². The highest BCUT2D eigenvalue weighted by Gasteiger charge is 2.43. The van der Waals surface area contributed by atoms with Crippen LogP contribution in [0.3, 0.4) is 0 Å². The van der Waals surface area contributed by atoms with Crippen LogP contribution in [0.25, 0.3) is 0 Å². The molecular weight excluding hydrogens is 358 g/mol. The maximum absolute atomic E-state index is 4.98. The molecule has 3 heterocycles. The third-order valence-corrected chi connectivity index (χ3v) is 5.72. The van der Waals surface area contributed by atoms with Gasteiger partial charge >= 0.3 is 0 Å². The van der Waals surface area contributed by atoms with Gasteiger partial charge in [0.2, 0.25) is 0 Å². The first-order valence-electron chi connectivity index (χ1n) is 7.40. The molecule has 112 valence electrons. The Kier molecular flexibility index (Phi) is 3.70. The van der Waals surface area contributed by atoms with Crippen molar-refractivity contribution in [2.24, 2.45) is 4.99 Å². The second kappa shape index (κ2) is 5.70. The van der Waals surface area contributed by atoms with Gasteiger partial charge in [0, 0.05) is 22.5 Å². The molecule has 0 spiro atoms. The van der Waals surface area contributed by atoms with Crippen LogP contribution in [-0.2, 0) is 0 Å². The van der Waals surface area contributed by atoms with E-state index < -0.39 is 0 Å². The quantitative estimate of drug-likeness (QED) is 0.779. The number of halogens is 1. The lowest BCUT2D eigenvalue weighted by molar-refractivity contribution is 0.321. The zero-order chi connectivity index (χ0) is 15.1. The summed E-state index contributed by atoms with van der Waals surface area (Å²) in [5.74, 6) is 0. The van der Waals surface area contributed by atoms with Crippen LogP contribution in [0.4, 0.5) is 0 Å². The van der Waals surface area contributed by atoms with E-state index in [1.165, 1.54) is 5.56 Å². The molecule has 1 fully saturated rings. The molecule has 1 aromatic heterocycles. The Morgan fingerprint density at radius 3 is 2.73 bits per heavy atom. The van der Waals surface area contributed by atoms with Crippen molar-refractivity contribution < 1.29 is 0 Å². The summed E-state index contributed by atoms with van der Waals surface area (Å²) >= 11 is 5.40. The van der Waals surface area contributed by atoms with Crippen LogP contribution in [0, 0.1) is 0 Å². The lowest BCUT2D eigenvalue weighted by Gasteiger charge is -2.27. The third kappa shape index (κ3) is 2.46. The fourth-order valence-electron chi connectivity index (χ4n) is 3.14. The van der Waals surface area contributed by atoms with Crippen molar-refractivity contribution in [2.75, 3.05) is 6.54 Å². The number of aromatic nitrogens is 1. The SMILES string of the molecule is C[C@@H]1CN2C(=N[C@@H](c3ccccn3)[C@H]2c2ccc(Br)cc2)S1. The van der Waals surface area contributed by atoms with Crippen LogP contribution >= 0.6 is 27.7 Å². The normalized spacial score (nSPS) is 26.9. The molecule has 0 bridgehead atoms. The van der Waals surface area contributed by atoms with Crippen LogP contribution in [0.15, 0.2) is 58.1 Å². The number of hydrogen-bond acceptors (Lipinski definition) is 4. The number of rotatable bonds is 2. The van der Waals surface area contributed by atoms with E-state index in [9.17, 15) is 0 Å². The number of nitrogens with zero attached hydrogens (tertiary/aromatic N) is 3. The number of hydrogen-bond donors (Lipinski definition) is 0. The van der Waals surface area contributed by atoms with Gasteiger partial charge in [0.25, 0.3) is 0 Å². The fourth-order valence-corrected chi connectivity index (χ4v) is 4.50. The number of benzene rings is 1. The van der Waals surface area contributed by atoms with Crippen molar-refractivity contribution in [3.8, 4) is 0 Å². The Bertz CT molecular complexity index is 702. The van der Waals surface area contributed by atoms with Gasteiger partial charge in [-0.2, -0.15) is 0 Å². The molecule has 2 aliphatic rings. The van der Waals surface area contributed by atoms with Gasteiger partial charge < -0.3 is 4.90 Å². The van der Waals surface area contributed by atoms with Gasteiger partial charge in [-0.1, -0.05) is 52.8 Å². The molecule has 1 aromatic carbocycles. The van der Waals surface area contributed by atoms with E-state index in [0.717, 1.165) is 21.9 Å². The van der Waals surface area contributed by atoms with Crippen LogP contribution in [0.2, 0.25) is 0 Å². The van der Waals surface area contributed by atoms with Crippen molar-refractivity contribution in [2.45, 2.75) is 24.3 Å². The second-order valence-electron chi connectivity index (χ2n) is 5.69. The van der Waals surface area contributed by atoms with E-state index in [0.29, 0.717) is 5.25 Å². The monoisotopic (exact) mass is 373 g/mol. The predicted octanol–water partition coefficient (Wildman–Crippen LogP) is 4.43. The number of thioether (sulfide) groups is 1. The first kappa shape index (κ1) is 14.3. The molecule has 0 aliphatic carbocycles. The summed E-state index contributed by atoms with van der Waals surface area (Å²) in [5.41, 5.74) is 2.35. The molecule has 0 amide bonds. The molecule has 4 rings (SSSR count). The van der Waals surface area contributed by atoms with E-state index in [4.69, 9.17) is 4.99 Å². The smallest absolute Gasteiger partial charge is 0.160 e. The first-order valence-corrected chi connectivity index (χ1v) is 9.07. The molecule has 0 radical (unpaired) electrons. The standard InChI is InChI=1S/C17H16BrN3S/c1-11-10-21-16(12-5-7-13(18)8-6-12)15(20-17(21)22-11)14-4-2-3-9-19-14/h2-9,11,15-16H,10H2,1H3/t11-,15+,16-/m1/s1. The average Bonchev–Trinajstić information content (AvgIpc) is 3.05. The van der Waals surface area contributed by atoms with Crippen LogP contribution in [-0.4, -0.2) is 26.8 Å². The second-order valence-corrected chi connectivity index (χ2v) is 8.01. The molecular formula is C17H16BrN3S. The molecule has 3 nitrogen and oxygen atoms in total. The van der Waals surface area contributed by atoms with Gasteiger partial charge in [0.1, 0.15) is 6.04 Å². The number of amidine groups is 1. The lowest BCUT2D eigenvalue weighted by atomic mass is 9.96. The molecule has 3 atom stereocenters. The minimum absolute atomic E-state index is 0.0809. The van der Waals surface area contributed by atoms with Crippen molar-refractivity contribution in [3.05, 3.63) is 64.4 Å². The summed E-state index contributed by atoms with van der Waals surface area (Å²) in [6.07, 6.45) is 1.85. The van der Waals surface area contributed by atoms with E-state index >= 15 is 0 Å². The van der Waals surface area contributed by atoms with E-state index in [2.05, 4.69) is 63.1 Å². The van der Waals surface area contributed by atoms with Crippen molar-refractivity contribution in [1.82, 2.24) is 9.88 Å². The topological polar surface area (TPSA) is 28.5 Å². The highest BCUT2D eigenvalue weighted by Crippen LogP contribution is 2.47. The largest absolute Gasteiger partial charge is 0.341 e. The number of pyridine rings is 1. The summed E-state index contributed by atoms with van der Waals surface area (Å²) in [7, 11) is 0. The molecule has 0 saturated carbocycles. The van der Waals surface area contributed by atoms with Crippen LogP contribution in [0.1, 0.15) is 30.3 Å². The molecule has 0 unspecified atom stereocenters. The highest BCUT2D eigenvalue weighted by molar-refractivity contribution is 9.10. The van der Waals surface area contributed by atoms with Gasteiger partial charge in [-0.15, -0.1) is 0 Å². The van der Waals surface area contributed by atoms with Crippen LogP contribution < -0.4 is 0 Å². The Morgan fingerprint density at radius 1 is 1.18 bits per heavy atom. The zero-order valence-electron chi connectivity index (χ0n) is 12.2. The Labute approximate surface area is 143 Å². The fraction of sp³-hybridized carbons (Fsp3) is 0.294. The molecule has 1 saturated heterocycles. The van der Waals surface area contributed by atoms with Crippen LogP contribution in [0.5, 0.6) is 0 Å². The Morgan fingerprint density at radius 2 is 2.00 bits per heavy atom. The van der Waals surface area contributed by atoms with Gasteiger partial charge in [0.15, 0.2) is 5.17 Å². The summed E-state index contributed by atoms with van der Waals surface area (Å²) in [4.78, 5) is 12.0. The summed E-state index contributed by atoms with van der Waals surface area (Å²) in [6, 6.07) is 15.0. The highest BCUT2D eigenvalue weighted by atomic mass is 79.9. The molecule has 0 N–H and O–H groups in total. The summed E-state index contributed by atoms with van der Waals surface area (Å²) in [5, 5.41) is 1.76. The molecule has 2 aromatic rings. The predicted molar refractivity (Wildman–Crippen MR) is 95.1 cm³/mol. The number of fused-ring (bicyclic) bond motifs is 1. The minimum Gasteiger partial charge on any atom is -0.341 e. The molecule has 2 aliphatic heterocycles. The van der Waals surface area contributed by atoms with Crippen molar-refractivity contribution in [1.29, 1.82) is 0 Å². The molecule has 5 heteroatoms. The van der Waals surface area contributed by atoms with E-state index in [1.54, 1.807) is 0 Å². The summed E-state index contributed by atoms with van der Waals surface area (Å²) in [6.45, 7) is 3.31. The Hall–Kier alpha value is -1.33. The minimum atomic E-state index is 0.0809. The maximum atomic E-state index is 4.98. The Balaban J connectivity index is 1.76. The van der Waals surface area contributed by atoms with Gasteiger partial charge in [-0.3, -0.25) is 9.98 Å². The third-order valence-electron chi connectivity index (χ3n) is 4.09. The average molecular weight is 374 g/mol. The lowest BCUT2D eigenvalue weighted by Crippen LogP contribution is -2.28. The van der Waals surface area contributed by atoms with Crippen molar-refractivity contribution in [3.63, 3.8) is 0 Å². The number of aliphatic imine (C=N–C) groups is 1. The summed E-state index contributed by atoms with van der Waals surface area (Å²) < 4.78 is 1.11. The van der Waals surface area contributed by atoms with Crippen molar-refractivity contribution >= 4 is 32.9 Å². The van der Waals surface area contributed by atoms with Gasteiger partial charge in [-0.05, 0) is 29.8 Å². The zero-order valence-corrected chi connectivity index (χ0v) is 14.6. The molecule has 22 heavy (non-hydrogen) atoms. The van der Waals surface area contributed by atoms with Gasteiger partial charge in [0.05, 0.1) is 11.7 Å². The first-order chi connectivity index (χ1) is 10.7. The van der Waals surface area contributed by atoms with E-state index in [1.807, 2.05) is 30.1 Å². The maximum Gasteiger partial charge on any atom is 0.160 e.